The van der Waals surface area contributed by atoms with Crippen LogP contribution in [-0.4, -0.2) is 44.2 Å². The zero-order valence-electron chi connectivity index (χ0n) is 13.6. The second-order valence-electron chi connectivity index (χ2n) is 5.30. The normalized spacial score (nSPS) is 10.7. The summed E-state index contributed by atoms with van der Waals surface area (Å²) < 4.78 is 10.5. The van der Waals surface area contributed by atoms with Gasteiger partial charge in [-0.05, 0) is 56.5 Å². The molecular formula is C17H27NO3. The number of hydrogen-bond acceptors (Lipinski definition) is 4. The lowest BCUT2D eigenvalue weighted by Crippen LogP contribution is -2.32. The number of nitrogens with zero attached hydrogens (tertiary/aromatic N) is 1. The van der Waals surface area contributed by atoms with Crippen molar-refractivity contribution < 1.29 is 14.3 Å². The Morgan fingerprint density at radius 2 is 1.95 bits per heavy atom. The molecule has 118 valence electrons. The molecule has 0 saturated carbocycles. The molecule has 0 aliphatic rings. The topological polar surface area (TPSA) is 38.8 Å². The molecule has 0 saturated heterocycles. The highest BCUT2D eigenvalue weighted by Gasteiger charge is 2.09. The predicted molar refractivity (Wildman–Crippen MR) is 84.8 cm³/mol. The molecule has 0 amide bonds. The van der Waals surface area contributed by atoms with Crippen molar-refractivity contribution in [3.05, 3.63) is 29.3 Å². The van der Waals surface area contributed by atoms with E-state index in [0.717, 1.165) is 31.7 Å². The van der Waals surface area contributed by atoms with E-state index in [-0.39, 0.29) is 5.97 Å². The van der Waals surface area contributed by atoms with Crippen LogP contribution in [0, 0.1) is 13.8 Å². The highest BCUT2D eigenvalue weighted by Crippen LogP contribution is 2.16. The van der Waals surface area contributed by atoms with Gasteiger partial charge >= 0.3 is 5.97 Å². The minimum atomic E-state index is -0.182. The predicted octanol–water partition coefficient (Wildman–Crippen LogP) is 2.96. The molecule has 0 unspecified atom stereocenters. The van der Waals surface area contributed by atoms with E-state index in [1.165, 1.54) is 18.2 Å². The van der Waals surface area contributed by atoms with Gasteiger partial charge in [-0.25, -0.2) is 0 Å². The van der Waals surface area contributed by atoms with Crippen molar-refractivity contribution in [3.8, 4) is 5.75 Å². The Balaban J connectivity index is 2.33. The molecule has 0 bridgehead atoms. The molecule has 0 fully saturated rings. The Labute approximate surface area is 128 Å². The number of carbonyl (C=O) groups is 1. The molecule has 4 nitrogen and oxygen atoms in total. The number of methoxy groups -OCH3 is 1. The first-order valence-corrected chi connectivity index (χ1v) is 7.56. The average Bonchev–Trinajstić information content (AvgIpc) is 2.47. The smallest absolute Gasteiger partial charge is 0.319 e. The molecule has 0 heterocycles. The van der Waals surface area contributed by atoms with E-state index in [2.05, 4.69) is 37.8 Å². The number of esters is 1. The SMILES string of the molecule is CCCN(CCCOc1ccc(C)c(C)c1)CC(=O)OC. The number of aryl methyl sites for hydroxylation is 2. The largest absolute Gasteiger partial charge is 0.494 e. The lowest BCUT2D eigenvalue weighted by atomic mass is 10.1. The molecule has 0 aliphatic carbocycles. The van der Waals surface area contributed by atoms with E-state index in [1.54, 1.807) is 0 Å². The van der Waals surface area contributed by atoms with Crippen LogP contribution in [0.15, 0.2) is 18.2 Å². The van der Waals surface area contributed by atoms with Gasteiger partial charge in [-0.2, -0.15) is 0 Å². The minimum Gasteiger partial charge on any atom is -0.494 e. The maximum atomic E-state index is 11.3. The summed E-state index contributed by atoms with van der Waals surface area (Å²) in [4.78, 5) is 13.4. The van der Waals surface area contributed by atoms with E-state index in [0.29, 0.717) is 13.2 Å². The van der Waals surface area contributed by atoms with Gasteiger partial charge in [0, 0.05) is 6.54 Å². The van der Waals surface area contributed by atoms with E-state index >= 15 is 0 Å². The van der Waals surface area contributed by atoms with Crippen LogP contribution in [0.2, 0.25) is 0 Å². The molecule has 21 heavy (non-hydrogen) atoms. The maximum absolute atomic E-state index is 11.3. The molecule has 1 aromatic carbocycles. The van der Waals surface area contributed by atoms with Gasteiger partial charge in [0.2, 0.25) is 0 Å². The standard InChI is InChI=1S/C17H27NO3/c1-5-9-18(13-17(19)20-4)10-6-11-21-16-8-7-14(2)15(3)12-16/h7-8,12H,5-6,9-11,13H2,1-4H3. The van der Waals surface area contributed by atoms with Crippen LogP contribution in [-0.2, 0) is 9.53 Å². The summed E-state index contributed by atoms with van der Waals surface area (Å²) in [5.74, 6) is 0.728. The fourth-order valence-electron chi connectivity index (χ4n) is 2.12. The second kappa shape index (κ2) is 9.40. The molecule has 0 N–H and O–H groups in total. The van der Waals surface area contributed by atoms with Crippen molar-refractivity contribution in [3.63, 3.8) is 0 Å². The fourth-order valence-corrected chi connectivity index (χ4v) is 2.12. The average molecular weight is 293 g/mol. The van der Waals surface area contributed by atoms with Crippen molar-refractivity contribution in [2.75, 3.05) is 33.4 Å². The molecule has 0 aromatic heterocycles. The Kier molecular flexibility index (Phi) is 7.83. The zero-order valence-corrected chi connectivity index (χ0v) is 13.6. The van der Waals surface area contributed by atoms with Gasteiger partial charge < -0.3 is 9.47 Å². The van der Waals surface area contributed by atoms with Crippen LogP contribution in [0.1, 0.15) is 30.9 Å². The van der Waals surface area contributed by atoms with Crippen LogP contribution in [0.25, 0.3) is 0 Å². The van der Waals surface area contributed by atoms with Crippen molar-refractivity contribution in [2.45, 2.75) is 33.6 Å². The molecule has 0 atom stereocenters. The molecule has 0 aliphatic heterocycles. The highest BCUT2D eigenvalue weighted by molar-refractivity contribution is 5.71. The van der Waals surface area contributed by atoms with Gasteiger partial charge in [0.15, 0.2) is 0 Å². The van der Waals surface area contributed by atoms with E-state index in [4.69, 9.17) is 9.47 Å². The number of rotatable bonds is 9. The Hall–Kier alpha value is -1.55. The van der Waals surface area contributed by atoms with Gasteiger partial charge in [-0.3, -0.25) is 9.69 Å². The van der Waals surface area contributed by atoms with Crippen LogP contribution in [0.3, 0.4) is 0 Å². The lowest BCUT2D eigenvalue weighted by molar-refractivity contribution is -0.141. The highest BCUT2D eigenvalue weighted by atomic mass is 16.5. The van der Waals surface area contributed by atoms with Crippen molar-refractivity contribution >= 4 is 5.97 Å². The first-order valence-electron chi connectivity index (χ1n) is 7.56. The number of ether oxygens (including phenoxy) is 2. The number of hydrogen-bond donors (Lipinski definition) is 0. The van der Waals surface area contributed by atoms with E-state index in [9.17, 15) is 4.79 Å². The van der Waals surface area contributed by atoms with Crippen LogP contribution < -0.4 is 4.74 Å². The fraction of sp³-hybridized carbons (Fsp3) is 0.588. The third-order valence-electron chi connectivity index (χ3n) is 3.49. The lowest BCUT2D eigenvalue weighted by Gasteiger charge is -2.20. The van der Waals surface area contributed by atoms with E-state index < -0.39 is 0 Å². The number of carbonyl (C=O) groups excluding carboxylic acids is 1. The summed E-state index contributed by atoms with van der Waals surface area (Å²) in [7, 11) is 1.43. The Bertz CT molecular complexity index is 446. The first-order chi connectivity index (χ1) is 10.1. The summed E-state index contributed by atoms with van der Waals surface area (Å²) in [6, 6.07) is 6.14. The molecule has 4 heteroatoms. The summed E-state index contributed by atoms with van der Waals surface area (Å²) >= 11 is 0. The quantitative estimate of drug-likeness (QED) is 0.518. The van der Waals surface area contributed by atoms with Gasteiger partial charge in [-0.15, -0.1) is 0 Å². The molecule has 0 spiro atoms. The summed E-state index contributed by atoms with van der Waals surface area (Å²) in [5.41, 5.74) is 2.51. The number of benzene rings is 1. The Morgan fingerprint density at radius 3 is 2.57 bits per heavy atom. The molecule has 1 aromatic rings. The molecule has 0 radical (unpaired) electrons. The zero-order chi connectivity index (χ0) is 15.7. The van der Waals surface area contributed by atoms with Crippen molar-refractivity contribution in [1.82, 2.24) is 4.90 Å². The van der Waals surface area contributed by atoms with Gasteiger partial charge in [0.05, 0.1) is 20.3 Å². The summed E-state index contributed by atoms with van der Waals surface area (Å²) in [6.07, 6.45) is 1.92. The van der Waals surface area contributed by atoms with Crippen molar-refractivity contribution in [2.24, 2.45) is 0 Å². The van der Waals surface area contributed by atoms with Crippen LogP contribution in [0.4, 0.5) is 0 Å². The third kappa shape index (κ3) is 6.63. The third-order valence-corrected chi connectivity index (χ3v) is 3.49. The molecular weight excluding hydrogens is 266 g/mol. The van der Waals surface area contributed by atoms with Crippen LogP contribution >= 0.6 is 0 Å². The summed E-state index contributed by atoms with van der Waals surface area (Å²) in [5, 5.41) is 0. The van der Waals surface area contributed by atoms with Crippen molar-refractivity contribution in [1.29, 1.82) is 0 Å². The molecule has 1 rings (SSSR count). The van der Waals surface area contributed by atoms with Gasteiger partial charge in [-0.1, -0.05) is 13.0 Å². The monoisotopic (exact) mass is 293 g/mol. The van der Waals surface area contributed by atoms with Crippen LogP contribution in [0.5, 0.6) is 5.75 Å². The second-order valence-corrected chi connectivity index (χ2v) is 5.30. The first kappa shape index (κ1) is 17.5. The van der Waals surface area contributed by atoms with Gasteiger partial charge in [0.25, 0.3) is 0 Å². The maximum Gasteiger partial charge on any atom is 0.319 e. The minimum absolute atomic E-state index is 0.182. The summed E-state index contributed by atoms with van der Waals surface area (Å²) in [6.45, 7) is 9.04. The van der Waals surface area contributed by atoms with E-state index in [1.807, 2.05) is 6.07 Å². The Morgan fingerprint density at radius 1 is 1.19 bits per heavy atom. The van der Waals surface area contributed by atoms with Gasteiger partial charge in [0.1, 0.15) is 5.75 Å².